The van der Waals surface area contributed by atoms with Gasteiger partial charge in [-0.3, -0.25) is 9.59 Å². The Morgan fingerprint density at radius 1 is 1.53 bits per heavy atom. The topological polar surface area (TPSA) is 127 Å². The van der Waals surface area contributed by atoms with Crippen LogP contribution in [-0.2, 0) is 22.4 Å². The zero-order valence-corrected chi connectivity index (χ0v) is 7.71. The fourth-order valence-corrected chi connectivity index (χ4v) is 0.994. The van der Waals surface area contributed by atoms with Crippen molar-refractivity contribution in [3.05, 3.63) is 17.5 Å². The molecule has 0 amide bonds. The fraction of sp³-hybridized carbons (Fsp3) is 0.375. The van der Waals surface area contributed by atoms with Gasteiger partial charge in [0.2, 0.25) is 0 Å². The Balaban J connectivity index is 2.60. The molecule has 1 unspecified atom stereocenters. The lowest BCUT2D eigenvalue weighted by Gasteiger charge is -2.00. The van der Waals surface area contributed by atoms with Crippen molar-refractivity contribution in [1.29, 1.82) is 0 Å². The van der Waals surface area contributed by atoms with Crippen molar-refractivity contribution >= 4 is 11.9 Å². The molecule has 0 aliphatic heterocycles. The molecule has 7 nitrogen and oxygen atoms in total. The highest BCUT2D eigenvalue weighted by atomic mass is 16.5. The standard InChI is InChI=1S/C8H10N2O5/c9-6(8(13)14)3-5-1-4(10-15-5)2-7(11)12/h1,6H,2-3,9H2,(H,11,12)(H,13,14). The van der Waals surface area contributed by atoms with E-state index in [1.165, 1.54) is 6.07 Å². The molecular weight excluding hydrogens is 204 g/mol. The number of carboxylic acids is 2. The average Bonchev–Trinajstić information content (AvgIpc) is 2.51. The van der Waals surface area contributed by atoms with Crippen LogP contribution in [0.1, 0.15) is 11.5 Å². The minimum Gasteiger partial charge on any atom is -0.481 e. The maximum Gasteiger partial charge on any atom is 0.320 e. The number of hydrogen-bond donors (Lipinski definition) is 3. The average molecular weight is 214 g/mol. The first kappa shape index (κ1) is 11.2. The molecule has 4 N–H and O–H groups in total. The number of carboxylic acid groups (broad SMARTS) is 2. The third-order valence-electron chi connectivity index (χ3n) is 1.68. The highest BCUT2D eigenvalue weighted by Gasteiger charge is 2.16. The Kier molecular flexibility index (Phi) is 3.40. The molecule has 0 bridgehead atoms. The number of nitrogens with two attached hydrogens (primary N) is 1. The highest BCUT2D eigenvalue weighted by Crippen LogP contribution is 2.06. The van der Waals surface area contributed by atoms with E-state index in [-0.39, 0.29) is 24.3 Å². The molecule has 7 heteroatoms. The summed E-state index contributed by atoms with van der Waals surface area (Å²) in [4.78, 5) is 20.7. The zero-order valence-electron chi connectivity index (χ0n) is 7.71. The van der Waals surface area contributed by atoms with E-state index in [1.807, 2.05) is 0 Å². The number of aliphatic carboxylic acids is 2. The Hall–Kier alpha value is -1.89. The quantitative estimate of drug-likeness (QED) is 0.588. The molecule has 0 aliphatic carbocycles. The molecule has 0 fully saturated rings. The Bertz CT molecular complexity index is 373. The smallest absolute Gasteiger partial charge is 0.320 e. The number of hydrogen-bond acceptors (Lipinski definition) is 5. The van der Waals surface area contributed by atoms with E-state index in [9.17, 15) is 9.59 Å². The van der Waals surface area contributed by atoms with Crippen molar-refractivity contribution in [2.75, 3.05) is 0 Å². The van der Waals surface area contributed by atoms with Crippen molar-refractivity contribution in [1.82, 2.24) is 5.16 Å². The molecule has 0 aliphatic rings. The van der Waals surface area contributed by atoms with Gasteiger partial charge in [-0.1, -0.05) is 5.16 Å². The number of aromatic nitrogens is 1. The van der Waals surface area contributed by atoms with Gasteiger partial charge in [0, 0.05) is 12.5 Å². The predicted octanol–water partition coefficient (Wildman–Crippen LogP) is -0.744. The summed E-state index contributed by atoms with van der Waals surface area (Å²) in [6.07, 6.45) is -0.270. The van der Waals surface area contributed by atoms with Gasteiger partial charge < -0.3 is 20.5 Å². The summed E-state index contributed by atoms with van der Waals surface area (Å²) < 4.78 is 4.73. The predicted molar refractivity (Wildman–Crippen MR) is 47.2 cm³/mol. The van der Waals surface area contributed by atoms with Crippen LogP contribution in [0.15, 0.2) is 10.6 Å². The van der Waals surface area contributed by atoms with Crippen LogP contribution in [-0.4, -0.2) is 33.4 Å². The van der Waals surface area contributed by atoms with E-state index in [1.54, 1.807) is 0 Å². The van der Waals surface area contributed by atoms with Crippen molar-refractivity contribution < 1.29 is 24.3 Å². The van der Waals surface area contributed by atoms with Crippen LogP contribution in [0.5, 0.6) is 0 Å². The Morgan fingerprint density at radius 3 is 2.73 bits per heavy atom. The van der Waals surface area contributed by atoms with Gasteiger partial charge in [0.05, 0.1) is 12.1 Å². The second-order valence-corrected chi connectivity index (χ2v) is 3.00. The van der Waals surface area contributed by atoms with Gasteiger partial charge >= 0.3 is 11.9 Å². The van der Waals surface area contributed by atoms with Crippen LogP contribution in [0.3, 0.4) is 0 Å². The maximum absolute atomic E-state index is 10.4. The van der Waals surface area contributed by atoms with E-state index in [0.29, 0.717) is 0 Å². The molecule has 0 saturated carbocycles. The summed E-state index contributed by atoms with van der Waals surface area (Å²) >= 11 is 0. The second-order valence-electron chi connectivity index (χ2n) is 3.00. The summed E-state index contributed by atoms with van der Waals surface area (Å²) in [5, 5.41) is 20.4. The van der Waals surface area contributed by atoms with Crippen LogP contribution < -0.4 is 5.73 Å². The van der Waals surface area contributed by atoms with E-state index in [4.69, 9.17) is 20.5 Å². The largest absolute Gasteiger partial charge is 0.481 e. The third-order valence-corrected chi connectivity index (χ3v) is 1.68. The van der Waals surface area contributed by atoms with Crippen molar-refractivity contribution in [2.24, 2.45) is 5.73 Å². The number of rotatable bonds is 5. The van der Waals surface area contributed by atoms with Gasteiger partial charge in [-0.15, -0.1) is 0 Å². The molecule has 1 aromatic rings. The van der Waals surface area contributed by atoms with E-state index in [0.717, 1.165) is 0 Å². The first-order valence-corrected chi connectivity index (χ1v) is 4.13. The van der Waals surface area contributed by atoms with Crippen molar-refractivity contribution in [3.63, 3.8) is 0 Å². The van der Waals surface area contributed by atoms with Crippen LogP contribution in [0, 0.1) is 0 Å². The fourth-order valence-electron chi connectivity index (χ4n) is 0.994. The zero-order chi connectivity index (χ0) is 11.4. The summed E-state index contributed by atoms with van der Waals surface area (Å²) in [6.45, 7) is 0. The van der Waals surface area contributed by atoms with Gasteiger partial charge in [-0.25, -0.2) is 0 Å². The summed E-state index contributed by atoms with van der Waals surface area (Å²) in [5.74, 6) is -1.91. The molecule has 0 spiro atoms. The van der Waals surface area contributed by atoms with E-state index >= 15 is 0 Å². The monoisotopic (exact) mass is 214 g/mol. The molecule has 15 heavy (non-hydrogen) atoms. The Labute approximate surface area is 84.5 Å². The highest BCUT2D eigenvalue weighted by molar-refractivity contribution is 5.73. The SMILES string of the molecule is NC(Cc1cc(CC(=O)O)no1)C(=O)O. The van der Waals surface area contributed by atoms with Gasteiger partial charge in [0.15, 0.2) is 0 Å². The third kappa shape index (κ3) is 3.39. The molecule has 0 saturated heterocycles. The number of nitrogens with zero attached hydrogens (tertiary/aromatic N) is 1. The molecule has 1 rings (SSSR count). The minimum atomic E-state index is -1.15. The van der Waals surface area contributed by atoms with Crippen molar-refractivity contribution in [2.45, 2.75) is 18.9 Å². The number of carbonyl (C=O) groups is 2. The molecule has 1 heterocycles. The van der Waals surface area contributed by atoms with E-state index < -0.39 is 18.0 Å². The molecule has 0 radical (unpaired) electrons. The lowest BCUT2D eigenvalue weighted by Crippen LogP contribution is -2.32. The lowest BCUT2D eigenvalue weighted by atomic mass is 10.1. The van der Waals surface area contributed by atoms with Gasteiger partial charge in [0.25, 0.3) is 0 Å². The summed E-state index contributed by atoms with van der Waals surface area (Å²) in [5.41, 5.74) is 5.50. The Morgan fingerprint density at radius 2 is 2.20 bits per heavy atom. The van der Waals surface area contributed by atoms with E-state index in [2.05, 4.69) is 5.16 Å². The molecule has 82 valence electrons. The minimum absolute atomic E-state index is 0.0120. The summed E-state index contributed by atoms with van der Waals surface area (Å²) in [7, 11) is 0. The molecule has 1 aromatic heterocycles. The molecular formula is C8H10N2O5. The lowest BCUT2D eigenvalue weighted by molar-refractivity contribution is -0.138. The van der Waals surface area contributed by atoms with Gasteiger partial charge in [-0.05, 0) is 0 Å². The van der Waals surface area contributed by atoms with Gasteiger partial charge in [0.1, 0.15) is 11.8 Å². The van der Waals surface area contributed by atoms with Crippen molar-refractivity contribution in [3.8, 4) is 0 Å². The van der Waals surface area contributed by atoms with Crippen LogP contribution in [0.4, 0.5) is 0 Å². The van der Waals surface area contributed by atoms with Crippen LogP contribution >= 0.6 is 0 Å². The normalized spacial score (nSPS) is 12.3. The second kappa shape index (κ2) is 4.56. The van der Waals surface area contributed by atoms with Crippen LogP contribution in [0.2, 0.25) is 0 Å². The van der Waals surface area contributed by atoms with Crippen LogP contribution in [0.25, 0.3) is 0 Å². The maximum atomic E-state index is 10.4. The summed E-state index contributed by atoms with van der Waals surface area (Å²) in [6, 6.07) is 0.312. The molecule has 0 aromatic carbocycles. The molecule has 1 atom stereocenters. The van der Waals surface area contributed by atoms with Gasteiger partial charge in [-0.2, -0.15) is 0 Å². The first-order valence-electron chi connectivity index (χ1n) is 4.13. The first-order chi connectivity index (χ1) is 6.99.